The number of carbonyl (C=O) groups is 2. The number of hydrazine groups is 1. The molecular weight excluding hydrogens is 378 g/mol. The SMILES string of the molecule is Cc1ccc(C(=O)NNC(=O)c2cccc(S(=O)(=O)N3CCCCC3)c2)cc1. The maximum Gasteiger partial charge on any atom is 0.269 e. The standard InChI is InChI=1S/C20H23N3O4S/c1-15-8-10-16(11-9-15)19(24)21-22-20(25)17-6-5-7-18(14-17)28(26,27)23-12-3-2-4-13-23/h5-11,14H,2-4,12-13H2,1H3,(H,21,24)(H,22,25). The van der Waals surface area contributed by atoms with Crippen molar-refractivity contribution >= 4 is 21.8 Å². The number of nitrogens with one attached hydrogen (secondary N) is 2. The number of sulfonamides is 1. The van der Waals surface area contributed by atoms with Crippen molar-refractivity contribution in [2.24, 2.45) is 0 Å². The second kappa shape index (κ2) is 8.53. The van der Waals surface area contributed by atoms with E-state index in [0.29, 0.717) is 18.7 Å². The Labute approximate surface area is 164 Å². The zero-order valence-corrected chi connectivity index (χ0v) is 16.5. The molecule has 148 valence electrons. The van der Waals surface area contributed by atoms with E-state index < -0.39 is 21.8 Å². The first kappa shape index (κ1) is 20.0. The lowest BCUT2D eigenvalue weighted by molar-refractivity contribution is 0.0846. The molecular formula is C20H23N3O4S. The molecule has 0 bridgehead atoms. The van der Waals surface area contributed by atoms with Crippen LogP contribution in [0.5, 0.6) is 0 Å². The van der Waals surface area contributed by atoms with E-state index >= 15 is 0 Å². The second-order valence-corrected chi connectivity index (χ2v) is 8.70. The summed E-state index contributed by atoms with van der Waals surface area (Å²) in [5.41, 5.74) is 6.25. The zero-order chi connectivity index (χ0) is 20.1. The van der Waals surface area contributed by atoms with Gasteiger partial charge in [0, 0.05) is 24.2 Å². The molecule has 2 N–H and O–H groups in total. The highest BCUT2D eigenvalue weighted by Gasteiger charge is 2.26. The molecule has 0 radical (unpaired) electrons. The maximum absolute atomic E-state index is 12.8. The van der Waals surface area contributed by atoms with E-state index in [9.17, 15) is 18.0 Å². The minimum Gasteiger partial charge on any atom is -0.267 e. The van der Waals surface area contributed by atoms with Gasteiger partial charge in [0.25, 0.3) is 11.8 Å². The van der Waals surface area contributed by atoms with Gasteiger partial charge >= 0.3 is 0 Å². The molecule has 8 heteroatoms. The molecule has 7 nitrogen and oxygen atoms in total. The third-order valence-corrected chi connectivity index (χ3v) is 6.55. The zero-order valence-electron chi connectivity index (χ0n) is 15.6. The summed E-state index contributed by atoms with van der Waals surface area (Å²) >= 11 is 0. The Morgan fingerprint density at radius 1 is 0.857 bits per heavy atom. The molecule has 1 aliphatic rings. The monoisotopic (exact) mass is 401 g/mol. The molecule has 0 unspecified atom stereocenters. The van der Waals surface area contributed by atoms with Gasteiger partial charge in [-0.2, -0.15) is 4.31 Å². The van der Waals surface area contributed by atoms with Crippen molar-refractivity contribution in [3.63, 3.8) is 0 Å². The fourth-order valence-electron chi connectivity index (χ4n) is 3.01. The minimum atomic E-state index is -3.63. The molecule has 0 atom stereocenters. The number of hydrogen-bond donors (Lipinski definition) is 2. The average Bonchev–Trinajstić information content (AvgIpc) is 2.73. The van der Waals surface area contributed by atoms with E-state index in [1.165, 1.54) is 28.6 Å². The van der Waals surface area contributed by atoms with Crippen LogP contribution in [0.2, 0.25) is 0 Å². The third kappa shape index (κ3) is 4.58. The Morgan fingerprint density at radius 3 is 2.11 bits per heavy atom. The molecule has 1 heterocycles. The molecule has 2 aromatic rings. The van der Waals surface area contributed by atoms with Crippen molar-refractivity contribution in [3.8, 4) is 0 Å². The van der Waals surface area contributed by atoms with Crippen molar-refractivity contribution in [2.45, 2.75) is 31.1 Å². The summed E-state index contributed by atoms with van der Waals surface area (Å²) < 4.78 is 27.0. The summed E-state index contributed by atoms with van der Waals surface area (Å²) in [6.45, 7) is 2.89. The number of rotatable bonds is 4. The Kier molecular flexibility index (Phi) is 6.11. The molecule has 3 rings (SSSR count). The number of benzene rings is 2. The first-order chi connectivity index (χ1) is 13.4. The topological polar surface area (TPSA) is 95.6 Å². The Hall–Kier alpha value is -2.71. The first-order valence-corrected chi connectivity index (χ1v) is 10.6. The molecule has 28 heavy (non-hydrogen) atoms. The van der Waals surface area contributed by atoms with Crippen LogP contribution < -0.4 is 10.9 Å². The first-order valence-electron chi connectivity index (χ1n) is 9.15. The molecule has 0 saturated carbocycles. The summed E-state index contributed by atoms with van der Waals surface area (Å²) in [6.07, 6.45) is 2.70. The van der Waals surface area contributed by atoms with Crippen molar-refractivity contribution in [3.05, 3.63) is 65.2 Å². The Morgan fingerprint density at radius 2 is 1.46 bits per heavy atom. The highest BCUT2D eigenvalue weighted by Crippen LogP contribution is 2.21. The van der Waals surface area contributed by atoms with Crippen LogP contribution in [0, 0.1) is 6.92 Å². The Balaban J connectivity index is 1.68. The van der Waals surface area contributed by atoms with Crippen molar-refractivity contribution in [2.75, 3.05) is 13.1 Å². The van der Waals surface area contributed by atoms with E-state index in [2.05, 4.69) is 10.9 Å². The number of hydrogen-bond acceptors (Lipinski definition) is 4. The van der Waals surface area contributed by atoms with Crippen molar-refractivity contribution < 1.29 is 18.0 Å². The average molecular weight is 401 g/mol. The summed E-state index contributed by atoms with van der Waals surface area (Å²) in [5.74, 6) is -1.04. The molecule has 1 fully saturated rings. The lowest BCUT2D eigenvalue weighted by atomic mass is 10.1. The minimum absolute atomic E-state index is 0.0758. The summed E-state index contributed by atoms with van der Waals surface area (Å²) in [7, 11) is -3.63. The molecule has 0 aliphatic carbocycles. The highest BCUT2D eigenvalue weighted by atomic mass is 32.2. The second-order valence-electron chi connectivity index (χ2n) is 6.77. The molecule has 2 aromatic carbocycles. The van der Waals surface area contributed by atoms with Gasteiger partial charge in [-0.1, -0.05) is 30.2 Å². The predicted octanol–water partition coefficient (Wildman–Crippen LogP) is 2.24. The molecule has 2 amide bonds. The van der Waals surface area contributed by atoms with Crippen LogP contribution in [0.4, 0.5) is 0 Å². The number of carbonyl (C=O) groups excluding carboxylic acids is 2. The lowest BCUT2D eigenvalue weighted by Gasteiger charge is -2.26. The summed E-state index contributed by atoms with van der Waals surface area (Å²) in [5, 5.41) is 0. The van der Waals surface area contributed by atoms with Gasteiger partial charge in [-0.15, -0.1) is 0 Å². The van der Waals surface area contributed by atoms with Crippen LogP contribution in [0.3, 0.4) is 0 Å². The van der Waals surface area contributed by atoms with Gasteiger partial charge in [0.05, 0.1) is 4.90 Å². The fourth-order valence-corrected chi connectivity index (χ4v) is 4.58. The quantitative estimate of drug-likeness (QED) is 0.768. The molecule has 1 saturated heterocycles. The largest absolute Gasteiger partial charge is 0.269 e. The van der Waals surface area contributed by atoms with E-state index in [4.69, 9.17) is 0 Å². The van der Waals surface area contributed by atoms with E-state index in [-0.39, 0.29) is 10.5 Å². The van der Waals surface area contributed by atoms with E-state index in [1.807, 2.05) is 6.92 Å². The van der Waals surface area contributed by atoms with Crippen LogP contribution in [0.25, 0.3) is 0 Å². The normalized spacial score (nSPS) is 15.0. The van der Waals surface area contributed by atoms with Crippen LogP contribution in [0.15, 0.2) is 53.4 Å². The van der Waals surface area contributed by atoms with Gasteiger partial charge in [0.1, 0.15) is 0 Å². The van der Waals surface area contributed by atoms with Crippen LogP contribution in [-0.2, 0) is 10.0 Å². The smallest absolute Gasteiger partial charge is 0.267 e. The van der Waals surface area contributed by atoms with Crippen LogP contribution in [0.1, 0.15) is 45.5 Å². The summed E-state index contributed by atoms with van der Waals surface area (Å²) in [6, 6.07) is 12.7. The Bertz CT molecular complexity index is 965. The number of aryl methyl sites for hydroxylation is 1. The summed E-state index contributed by atoms with van der Waals surface area (Å²) in [4.78, 5) is 24.5. The molecule has 0 aromatic heterocycles. The van der Waals surface area contributed by atoms with Gasteiger partial charge in [-0.3, -0.25) is 20.4 Å². The van der Waals surface area contributed by atoms with Crippen molar-refractivity contribution in [1.82, 2.24) is 15.2 Å². The van der Waals surface area contributed by atoms with Gasteiger partial charge in [-0.25, -0.2) is 8.42 Å². The number of nitrogens with zero attached hydrogens (tertiary/aromatic N) is 1. The van der Waals surface area contributed by atoms with Gasteiger partial charge in [0.15, 0.2) is 0 Å². The number of piperidine rings is 1. The highest BCUT2D eigenvalue weighted by molar-refractivity contribution is 7.89. The van der Waals surface area contributed by atoms with E-state index in [0.717, 1.165) is 24.8 Å². The number of amides is 2. The third-order valence-electron chi connectivity index (χ3n) is 4.65. The van der Waals surface area contributed by atoms with Crippen LogP contribution in [-0.4, -0.2) is 37.6 Å². The fraction of sp³-hybridized carbons (Fsp3) is 0.300. The molecule has 1 aliphatic heterocycles. The van der Waals surface area contributed by atoms with E-state index in [1.54, 1.807) is 24.3 Å². The van der Waals surface area contributed by atoms with Gasteiger partial charge in [-0.05, 0) is 50.1 Å². The van der Waals surface area contributed by atoms with Crippen LogP contribution >= 0.6 is 0 Å². The maximum atomic E-state index is 12.8. The molecule has 0 spiro atoms. The predicted molar refractivity (Wildman–Crippen MR) is 105 cm³/mol. The van der Waals surface area contributed by atoms with Gasteiger partial charge < -0.3 is 0 Å². The lowest BCUT2D eigenvalue weighted by Crippen LogP contribution is -2.41. The van der Waals surface area contributed by atoms with Crippen molar-refractivity contribution in [1.29, 1.82) is 0 Å². The van der Waals surface area contributed by atoms with Gasteiger partial charge in [0.2, 0.25) is 10.0 Å².